The molecule has 0 aromatic rings. The quantitative estimate of drug-likeness (QED) is 0.384. The van der Waals surface area contributed by atoms with Crippen LogP contribution in [0.5, 0.6) is 0 Å². The van der Waals surface area contributed by atoms with Gasteiger partial charge in [0.1, 0.15) is 0 Å². The van der Waals surface area contributed by atoms with Gasteiger partial charge in [0.25, 0.3) is 0 Å². The highest BCUT2D eigenvalue weighted by Crippen LogP contribution is 2.28. The highest BCUT2D eigenvalue weighted by Gasteiger charge is 2.14. The van der Waals surface area contributed by atoms with Gasteiger partial charge in [-0.05, 0) is 39.0 Å². The summed E-state index contributed by atoms with van der Waals surface area (Å²) in [6, 6.07) is 0. The van der Waals surface area contributed by atoms with Crippen LogP contribution in [0.4, 0.5) is 0 Å². The van der Waals surface area contributed by atoms with Crippen molar-refractivity contribution < 1.29 is 9.53 Å². The van der Waals surface area contributed by atoms with Crippen LogP contribution in [0.3, 0.4) is 0 Å². The molecule has 1 atom stereocenters. The molecule has 0 unspecified atom stereocenters. The lowest BCUT2D eigenvalue weighted by Crippen LogP contribution is -2.08. The van der Waals surface area contributed by atoms with Gasteiger partial charge in [0.2, 0.25) is 0 Å². The van der Waals surface area contributed by atoms with Gasteiger partial charge in [-0.3, -0.25) is 0 Å². The summed E-state index contributed by atoms with van der Waals surface area (Å²) in [7, 11) is 1.41. The van der Waals surface area contributed by atoms with Gasteiger partial charge in [0.15, 0.2) is 0 Å². The maximum Gasteiger partial charge on any atom is 0.330 e. The molecular formula is C12H18O2. The van der Waals surface area contributed by atoms with Crippen molar-refractivity contribution in [3.8, 4) is 0 Å². The summed E-state index contributed by atoms with van der Waals surface area (Å²) in [5, 5.41) is 0. The molecule has 0 heterocycles. The topological polar surface area (TPSA) is 26.3 Å². The van der Waals surface area contributed by atoms with E-state index in [0.717, 1.165) is 24.8 Å². The molecule has 78 valence electrons. The minimum Gasteiger partial charge on any atom is -0.466 e. The Kier molecular flexibility index (Phi) is 3.93. The minimum atomic E-state index is -0.242. The lowest BCUT2D eigenvalue weighted by atomic mass is 9.85. The maximum absolute atomic E-state index is 11.0. The molecule has 0 aromatic heterocycles. The molecule has 0 fully saturated rings. The Balaban J connectivity index is 2.58. The van der Waals surface area contributed by atoms with E-state index in [-0.39, 0.29) is 5.97 Å². The molecular weight excluding hydrogens is 176 g/mol. The second kappa shape index (κ2) is 4.99. The molecule has 2 heteroatoms. The van der Waals surface area contributed by atoms with Crippen LogP contribution in [0.1, 0.15) is 33.1 Å². The van der Waals surface area contributed by atoms with E-state index >= 15 is 0 Å². The van der Waals surface area contributed by atoms with E-state index in [1.165, 1.54) is 12.7 Å². The van der Waals surface area contributed by atoms with Crippen molar-refractivity contribution in [3.05, 3.63) is 23.3 Å². The van der Waals surface area contributed by atoms with Crippen LogP contribution < -0.4 is 0 Å². The van der Waals surface area contributed by atoms with E-state index in [4.69, 9.17) is 0 Å². The van der Waals surface area contributed by atoms with Crippen LogP contribution in [0, 0.1) is 5.92 Å². The zero-order chi connectivity index (χ0) is 10.6. The summed E-state index contributed by atoms with van der Waals surface area (Å²) < 4.78 is 4.60. The number of ether oxygens (including phenoxy) is 1. The number of hydrogen-bond donors (Lipinski definition) is 0. The second-order valence-electron chi connectivity index (χ2n) is 3.93. The lowest BCUT2D eigenvalue weighted by Gasteiger charge is -2.20. The standard InChI is InChI=1S/C12H18O2/c1-9-4-6-11(7-5-9)10(2)8-12(13)14-3/h4,8,11H,5-7H2,1-3H3/b10-8+/t11-/m0/s1. The van der Waals surface area contributed by atoms with E-state index in [0.29, 0.717) is 5.92 Å². The van der Waals surface area contributed by atoms with Crippen LogP contribution in [0.15, 0.2) is 23.3 Å². The van der Waals surface area contributed by atoms with Crippen molar-refractivity contribution in [1.82, 2.24) is 0 Å². The largest absolute Gasteiger partial charge is 0.466 e. The van der Waals surface area contributed by atoms with Crippen molar-refractivity contribution in [1.29, 1.82) is 0 Å². The van der Waals surface area contributed by atoms with Crippen molar-refractivity contribution in [2.75, 3.05) is 7.11 Å². The third-order valence-electron chi connectivity index (χ3n) is 2.83. The predicted molar refractivity (Wildman–Crippen MR) is 56.9 cm³/mol. The predicted octanol–water partition coefficient (Wildman–Crippen LogP) is 2.85. The zero-order valence-electron chi connectivity index (χ0n) is 9.17. The highest BCUT2D eigenvalue weighted by molar-refractivity contribution is 5.82. The average molecular weight is 194 g/mol. The van der Waals surface area contributed by atoms with Crippen LogP contribution in [0.25, 0.3) is 0 Å². The Morgan fingerprint density at radius 2 is 2.36 bits per heavy atom. The highest BCUT2D eigenvalue weighted by atomic mass is 16.5. The number of methoxy groups -OCH3 is 1. The number of hydrogen-bond acceptors (Lipinski definition) is 2. The summed E-state index contributed by atoms with van der Waals surface area (Å²) in [5.74, 6) is 0.284. The van der Waals surface area contributed by atoms with Crippen LogP contribution in [0.2, 0.25) is 0 Å². The maximum atomic E-state index is 11.0. The van der Waals surface area contributed by atoms with Gasteiger partial charge < -0.3 is 4.74 Å². The van der Waals surface area contributed by atoms with Crippen LogP contribution in [-0.4, -0.2) is 13.1 Å². The molecule has 0 amide bonds. The SMILES string of the molecule is COC(=O)/C=C(\C)[C@H]1CC=C(C)CC1. The fourth-order valence-corrected chi connectivity index (χ4v) is 1.74. The van der Waals surface area contributed by atoms with Crippen molar-refractivity contribution >= 4 is 5.97 Å². The Bertz CT molecular complexity index is 274. The third kappa shape index (κ3) is 3.02. The fourth-order valence-electron chi connectivity index (χ4n) is 1.74. The summed E-state index contributed by atoms with van der Waals surface area (Å²) in [6.45, 7) is 4.17. The lowest BCUT2D eigenvalue weighted by molar-refractivity contribution is -0.134. The molecule has 0 N–H and O–H groups in total. The number of carbonyl (C=O) groups is 1. The molecule has 1 rings (SSSR count). The van der Waals surface area contributed by atoms with Gasteiger partial charge in [-0.2, -0.15) is 0 Å². The first-order valence-corrected chi connectivity index (χ1v) is 5.05. The van der Waals surface area contributed by atoms with Crippen molar-refractivity contribution in [2.45, 2.75) is 33.1 Å². The smallest absolute Gasteiger partial charge is 0.330 e. The van der Waals surface area contributed by atoms with E-state index in [1.54, 1.807) is 6.08 Å². The Labute approximate surface area is 85.6 Å². The fraction of sp³-hybridized carbons (Fsp3) is 0.583. The summed E-state index contributed by atoms with van der Waals surface area (Å²) in [6.07, 6.45) is 7.24. The molecule has 0 aromatic carbocycles. The zero-order valence-corrected chi connectivity index (χ0v) is 9.17. The van der Waals surface area contributed by atoms with E-state index in [1.807, 2.05) is 6.92 Å². The van der Waals surface area contributed by atoms with Gasteiger partial charge in [-0.1, -0.05) is 17.2 Å². The van der Waals surface area contributed by atoms with Crippen molar-refractivity contribution in [2.24, 2.45) is 5.92 Å². The molecule has 0 saturated carbocycles. The third-order valence-corrected chi connectivity index (χ3v) is 2.83. The van der Waals surface area contributed by atoms with E-state index in [9.17, 15) is 4.79 Å². The number of allylic oxidation sites excluding steroid dienone is 3. The molecule has 0 radical (unpaired) electrons. The van der Waals surface area contributed by atoms with Gasteiger partial charge in [0, 0.05) is 6.08 Å². The second-order valence-corrected chi connectivity index (χ2v) is 3.93. The number of esters is 1. The molecule has 0 spiro atoms. The van der Waals surface area contributed by atoms with Crippen LogP contribution >= 0.6 is 0 Å². The monoisotopic (exact) mass is 194 g/mol. The van der Waals surface area contributed by atoms with Crippen LogP contribution in [-0.2, 0) is 9.53 Å². The van der Waals surface area contributed by atoms with Gasteiger partial charge in [-0.15, -0.1) is 0 Å². The van der Waals surface area contributed by atoms with Gasteiger partial charge in [-0.25, -0.2) is 4.79 Å². The Morgan fingerprint density at radius 1 is 1.64 bits per heavy atom. The number of rotatable bonds is 2. The summed E-state index contributed by atoms with van der Waals surface area (Å²) in [4.78, 5) is 11.0. The van der Waals surface area contributed by atoms with E-state index < -0.39 is 0 Å². The average Bonchev–Trinajstić information content (AvgIpc) is 2.18. The summed E-state index contributed by atoms with van der Waals surface area (Å²) in [5.41, 5.74) is 2.60. The molecule has 0 bridgehead atoms. The first-order valence-electron chi connectivity index (χ1n) is 5.05. The summed E-state index contributed by atoms with van der Waals surface area (Å²) >= 11 is 0. The molecule has 0 saturated heterocycles. The molecule has 14 heavy (non-hydrogen) atoms. The van der Waals surface area contributed by atoms with Gasteiger partial charge in [0.05, 0.1) is 7.11 Å². The first-order chi connectivity index (χ1) is 6.63. The Morgan fingerprint density at radius 3 is 2.86 bits per heavy atom. The van der Waals surface area contributed by atoms with Gasteiger partial charge >= 0.3 is 5.97 Å². The Hall–Kier alpha value is -1.05. The molecule has 1 aliphatic carbocycles. The molecule has 2 nitrogen and oxygen atoms in total. The number of carbonyl (C=O) groups excluding carboxylic acids is 1. The van der Waals surface area contributed by atoms with E-state index in [2.05, 4.69) is 17.7 Å². The minimum absolute atomic E-state index is 0.242. The molecule has 1 aliphatic rings. The normalized spacial score (nSPS) is 22.9. The molecule has 0 aliphatic heterocycles. The first kappa shape index (κ1) is 11.0. The van der Waals surface area contributed by atoms with Crippen molar-refractivity contribution in [3.63, 3.8) is 0 Å².